The summed E-state index contributed by atoms with van der Waals surface area (Å²) >= 11 is 1.58. The molecule has 124 valence electrons. The molecule has 2 aromatic rings. The van der Waals surface area contributed by atoms with Crippen molar-refractivity contribution < 1.29 is 19.0 Å². The first kappa shape index (κ1) is 17.1. The normalized spacial score (nSPS) is 10.3. The highest BCUT2D eigenvalue weighted by atomic mass is 32.1. The van der Waals surface area contributed by atoms with Crippen LogP contribution in [0, 0.1) is 13.8 Å². The number of nitrogens with one attached hydrogen (secondary N) is 1. The van der Waals surface area contributed by atoms with E-state index in [-0.39, 0.29) is 5.91 Å². The van der Waals surface area contributed by atoms with Crippen LogP contribution in [0.3, 0.4) is 0 Å². The number of carbonyl (C=O) groups excluding carboxylic acids is 1. The van der Waals surface area contributed by atoms with Gasteiger partial charge in [-0.05, 0) is 26.0 Å². The standard InChI is InChI=1S/C16H20N2O4S/c1-9-10(2)23-14(18-9)8-17-16(19)11-6-12(20-3)15(22-5)13(7-11)21-4/h6-7H,8H2,1-5H3,(H,17,19). The first-order chi connectivity index (χ1) is 11.0. The average Bonchev–Trinajstić information content (AvgIpc) is 2.89. The summed E-state index contributed by atoms with van der Waals surface area (Å²) in [5.74, 6) is 1.11. The number of hydrogen-bond acceptors (Lipinski definition) is 6. The minimum atomic E-state index is -0.227. The Morgan fingerprint density at radius 3 is 2.17 bits per heavy atom. The first-order valence-corrected chi connectivity index (χ1v) is 7.83. The van der Waals surface area contributed by atoms with Crippen LogP contribution < -0.4 is 19.5 Å². The Kier molecular flexibility index (Phi) is 5.44. The van der Waals surface area contributed by atoms with Crippen LogP contribution >= 0.6 is 11.3 Å². The summed E-state index contributed by atoms with van der Waals surface area (Å²) < 4.78 is 15.8. The zero-order valence-electron chi connectivity index (χ0n) is 13.9. The van der Waals surface area contributed by atoms with Gasteiger partial charge in [-0.25, -0.2) is 4.98 Å². The number of ether oxygens (including phenoxy) is 3. The molecular formula is C16H20N2O4S. The molecule has 0 atom stereocenters. The molecule has 0 aliphatic rings. The smallest absolute Gasteiger partial charge is 0.251 e. The quantitative estimate of drug-likeness (QED) is 0.878. The second-order valence-corrected chi connectivity index (χ2v) is 6.13. The number of aryl methyl sites for hydroxylation is 2. The Labute approximate surface area is 139 Å². The van der Waals surface area contributed by atoms with Gasteiger partial charge >= 0.3 is 0 Å². The van der Waals surface area contributed by atoms with Crippen molar-refractivity contribution in [1.82, 2.24) is 10.3 Å². The molecule has 6 nitrogen and oxygen atoms in total. The molecule has 0 unspecified atom stereocenters. The summed E-state index contributed by atoms with van der Waals surface area (Å²) in [6.07, 6.45) is 0. The number of rotatable bonds is 6. The minimum Gasteiger partial charge on any atom is -0.493 e. The third kappa shape index (κ3) is 3.73. The monoisotopic (exact) mass is 336 g/mol. The van der Waals surface area contributed by atoms with E-state index in [4.69, 9.17) is 14.2 Å². The van der Waals surface area contributed by atoms with Gasteiger partial charge in [-0.2, -0.15) is 0 Å². The molecule has 0 aliphatic heterocycles. The predicted octanol–water partition coefficient (Wildman–Crippen LogP) is 2.72. The number of carbonyl (C=O) groups is 1. The van der Waals surface area contributed by atoms with Crippen molar-refractivity contribution >= 4 is 17.2 Å². The fraction of sp³-hybridized carbons (Fsp3) is 0.375. The van der Waals surface area contributed by atoms with E-state index in [0.717, 1.165) is 15.6 Å². The summed E-state index contributed by atoms with van der Waals surface area (Å²) in [6.45, 7) is 4.35. The van der Waals surface area contributed by atoms with Crippen molar-refractivity contribution in [2.45, 2.75) is 20.4 Å². The molecule has 0 radical (unpaired) electrons. The van der Waals surface area contributed by atoms with E-state index in [0.29, 0.717) is 29.4 Å². The Bertz CT molecular complexity index is 668. The van der Waals surface area contributed by atoms with E-state index < -0.39 is 0 Å². The third-order valence-corrected chi connectivity index (χ3v) is 4.47. The van der Waals surface area contributed by atoms with E-state index in [9.17, 15) is 4.79 Å². The second kappa shape index (κ2) is 7.32. The molecule has 0 fully saturated rings. The third-order valence-electron chi connectivity index (χ3n) is 3.40. The van der Waals surface area contributed by atoms with Crippen molar-refractivity contribution in [2.24, 2.45) is 0 Å². The van der Waals surface area contributed by atoms with Gasteiger partial charge in [0.15, 0.2) is 11.5 Å². The molecule has 0 spiro atoms. The van der Waals surface area contributed by atoms with Crippen LogP contribution in [-0.4, -0.2) is 32.2 Å². The summed E-state index contributed by atoms with van der Waals surface area (Å²) in [5.41, 5.74) is 1.43. The number of hydrogen-bond donors (Lipinski definition) is 1. The molecule has 0 saturated carbocycles. The van der Waals surface area contributed by atoms with Crippen LogP contribution in [0.5, 0.6) is 17.2 Å². The predicted molar refractivity (Wildman–Crippen MR) is 88.9 cm³/mol. The fourth-order valence-corrected chi connectivity index (χ4v) is 2.96. The maximum atomic E-state index is 12.4. The molecule has 2 rings (SSSR count). The van der Waals surface area contributed by atoms with Gasteiger partial charge in [-0.1, -0.05) is 0 Å². The molecule has 1 aromatic carbocycles. The highest BCUT2D eigenvalue weighted by Gasteiger charge is 2.17. The number of benzene rings is 1. The summed E-state index contributed by atoms with van der Waals surface area (Å²) in [6, 6.07) is 3.24. The lowest BCUT2D eigenvalue weighted by atomic mass is 10.1. The first-order valence-electron chi connectivity index (χ1n) is 7.01. The average molecular weight is 336 g/mol. The van der Waals surface area contributed by atoms with Crippen molar-refractivity contribution in [3.8, 4) is 17.2 Å². The fourth-order valence-electron chi connectivity index (χ4n) is 2.08. The number of nitrogens with zero attached hydrogens (tertiary/aromatic N) is 1. The molecule has 7 heteroatoms. The lowest BCUT2D eigenvalue weighted by molar-refractivity contribution is 0.0950. The van der Waals surface area contributed by atoms with Gasteiger partial charge < -0.3 is 19.5 Å². The zero-order valence-corrected chi connectivity index (χ0v) is 14.7. The van der Waals surface area contributed by atoms with Crippen LogP contribution in [0.4, 0.5) is 0 Å². The Hall–Kier alpha value is -2.28. The maximum Gasteiger partial charge on any atom is 0.251 e. The molecule has 0 bridgehead atoms. The van der Waals surface area contributed by atoms with Gasteiger partial charge in [-0.15, -0.1) is 11.3 Å². The van der Waals surface area contributed by atoms with Gasteiger partial charge in [0.25, 0.3) is 5.91 Å². The number of thiazole rings is 1. The number of methoxy groups -OCH3 is 3. The maximum absolute atomic E-state index is 12.4. The molecule has 1 amide bonds. The van der Waals surface area contributed by atoms with E-state index >= 15 is 0 Å². The second-order valence-electron chi connectivity index (χ2n) is 4.85. The van der Waals surface area contributed by atoms with Crippen LogP contribution in [-0.2, 0) is 6.54 Å². The zero-order chi connectivity index (χ0) is 17.0. The molecule has 0 saturated heterocycles. The van der Waals surface area contributed by atoms with Gasteiger partial charge in [0, 0.05) is 10.4 Å². The van der Waals surface area contributed by atoms with E-state index in [1.165, 1.54) is 21.3 Å². The Morgan fingerprint density at radius 1 is 1.13 bits per heavy atom. The van der Waals surface area contributed by atoms with Crippen LogP contribution in [0.1, 0.15) is 25.9 Å². The lowest BCUT2D eigenvalue weighted by Crippen LogP contribution is -2.22. The molecule has 1 aromatic heterocycles. The van der Waals surface area contributed by atoms with Crippen molar-refractivity contribution in [2.75, 3.05) is 21.3 Å². The van der Waals surface area contributed by atoms with E-state index in [1.807, 2.05) is 13.8 Å². The van der Waals surface area contributed by atoms with Gasteiger partial charge in [0.1, 0.15) is 5.01 Å². The van der Waals surface area contributed by atoms with E-state index in [2.05, 4.69) is 10.3 Å². The highest BCUT2D eigenvalue weighted by molar-refractivity contribution is 7.11. The largest absolute Gasteiger partial charge is 0.493 e. The topological polar surface area (TPSA) is 69.7 Å². The van der Waals surface area contributed by atoms with Crippen molar-refractivity contribution in [1.29, 1.82) is 0 Å². The van der Waals surface area contributed by atoms with Crippen molar-refractivity contribution in [3.63, 3.8) is 0 Å². The van der Waals surface area contributed by atoms with Crippen molar-refractivity contribution in [3.05, 3.63) is 33.3 Å². The molecule has 23 heavy (non-hydrogen) atoms. The Morgan fingerprint density at radius 2 is 1.74 bits per heavy atom. The summed E-state index contributed by atoms with van der Waals surface area (Å²) in [7, 11) is 4.55. The SMILES string of the molecule is COc1cc(C(=O)NCc2nc(C)c(C)s2)cc(OC)c1OC. The summed E-state index contributed by atoms with van der Waals surface area (Å²) in [4.78, 5) is 17.9. The molecule has 1 N–H and O–H groups in total. The summed E-state index contributed by atoms with van der Waals surface area (Å²) in [5, 5.41) is 3.73. The van der Waals surface area contributed by atoms with Crippen LogP contribution in [0.15, 0.2) is 12.1 Å². The molecule has 0 aliphatic carbocycles. The number of amides is 1. The Balaban J connectivity index is 2.18. The molecular weight excluding hydrogens is 316 g/mol. The van der Waals surface area contributed by atoms with Gasteiger partial charge in [0.05, 0.1) is 33.6 Å². The minimum absolute atomic E-state index is 0.227. The van der Waals surface area contributed by atoms with Crippen LogP contribution in [0.25, 0.3) is 0 Å². The highest BCUT2D eigenvalue weighted by Crippen LogP contribution is 2.38. The van der Waals surface area contributed by atoms with Gasteiger partial charge in [-0.3, -0.25) is 4.79 Å². The number of aromatic nitrogens is 1. The lowest BCUT2D eigenvalue weighted by Gasteiger charge is -2.13. The van der Waals surface area contributed by atoms with Gasteiger partial charge in [0.2, 0.25) is 5.75 Å². The van der Waals surface area contributed by atoms with E-state index in [1.54, 1.807) is 23.5 Å². The molecule has 1 heterocycles. The van der Waals surface area contributed by atoms with Crippen LogP contribution in [0.2, 0.25) is 0 Å².